The predicted octanol–water partition coefficient (Wildman–Crippen LogP) is 3.99. The van der Waals surface area contributed by atoms with E-state index in [1.54, 1.807) is 12.1 Å². The van der Waals surface area contributed by atoms with Gasteiger partial charge in [-0.2, -0.15) is 8.42 Å². The molecule has 0 aliphatic rings. The molecule has 1 heterocycles. The predicted molar refractivity (Wildman–Crippen MR) is 79.9 cm³/mol. The molecule has 0 radical (unpaired) electrons. The van der Waals surface area contributed by atoms with E-state index in [-0.39, 0.29) is 5.82 Å². The van der Waals surface area contributed by atoms with E-state index >= 15 is 0 Å². The molecule has 110 valence electrons. The van der Waals surface area contributed by atoms with E-state index in [1.165, 1.54) is 0 Å². The molecule has 1 unspecified atom stereocenters. The Labute approximate surface area is 127 Å². The molecule has 0 aliphatic heterocycles. The molecule has 0 fully saturated rings. The molecule has 2 rings (SSSR count). The number of rotatable bonds is 5. The topological polar surface area (TPSA) is 83.0 Å². The summed E-state index contributed by atoms with van der Waals surface area (Å²) in [4.78, 5) is 7.08. The lowest BCUT2D eigenvalue weighted by Gasteiger charge is -2.10. The van der Waals surface area contributed by atoms with Crippen molar-refractivity contribution in [2.75, 3.05) is 0 Å². The van der Waals surface area contributed by atoms with Crippen molar-refractivity contribution in [1.29, 1.82) is 0 Å². The van der Waals surface area contributed by atoms with Crippen molar-refractivity contribution in [2.24, 2.45) is 0 Å². The summed E-state index contributed by atoms with van der Waals surface area (Å²) in [6.07, 6.45) is 1.80. The van der Waals surface area contributed by atoms with Gasteiger partial charge in [0.25, 0.3) is 10.1 Å². The van der Waals surface area contributed by atoms with Crippen molar-refractivity contribution < 1.29 is 13.0 Å². The van der Waals surface area contributed by atoms with Gasteiger partial charge in [-0.15, -0.1) is 0 Å². The highest BCUT2D eigenvalue weighted by atomic mass is 35.5. The van der Waals surface area contributed by atoms with Crippen LogP contribution in [0, 0.1) is 0 Å². The fraction of sp³-hybridized carbons (Fsp3) is 0.417. The fourth-order valence-electron chi connectivity index (χ4n) is 1.99. The number of halogens is 2. The van der Waals surface area contributed by atoms with Crippen LogP contribution in [-0.2, 0) is 10.1 Å². The number of aromatic amines is 1. The molecular formula is C12H14Cl2N2O3S. The van der Waals surface area contributed by atoms with E-state index in [1.807, 2.05) is 6.92 Å². The van der Waals surface area contributed by atoms with Crippen LogP contribution in [0.3, 0.4) is 0 Å². The lowest BCUT2D eigenvalue weighted by molar-refractivity contribution is 0.458. The van der Waals surface area contributed by atoms with Gasteiger partial charge >= 0.3 is 0 Å². The van der Waals surface area contributed by atoms with Crippen LogP contribution in [0.2, 0.25) is 10.0 Å². The zero-order valence-electron chi connectivity index (χ0n) is 10.7. The number of fused-ring (bicyclic) bond motifs is 1. The van der Waals surface area contributed by atoms with Crippen molar-refractivity contribution in [1.82, 2.24) is 9.97 Å². The molecule has 2 aromatic rings. The number of hydrogen-bond acceptors (Lipinski definition) is 3. The first-order valence-electron chi connectivity index (χ1n) is 6.14. The Morgan fingerprint density at radius 1 is 1.35 bits per heavy atom. The summed E-state index contributed by atoms with van der Waals surface area (Å²) >= 11 is 11.8. The Hall–Kier alpha value is -0.820. The molecule has 8 heteroatoms. The summed E-state index contributed by atoms with van der Waals surface area (Å²) < 4.78 is 32.3. The zero-order chi connectivity index (χ0) is 14.9. The van der Waals surface area contributed by atoms with Crippen LogP contribution in [0.25, 0.3) is 11.0 Å². The third-order valence-electron chi connectivity index (χ3n) is 3.03. The third kappa shape index (κ3) is 3.25. The summed E-state index contributed by atoms with van der Waals surface area (Å²) in [6, 6.07) is 3.14. The Balaban J connectivity index is 2.48. The first-order valence-corrected chi connectivity index (χ1v) is 8.39. The maximum absolute atomic E-state index is 11.5. The number of H-pyrrole nitrogens is 1. The number of hydrogen-bond donors (Lipinski definition) is 2. The largest absolute Gasteiger partial charge is 0.341 e. The van der Waals surface area contributed by atoms with Crippen molar-refractivity contribution >= 4 is 44.4 Å². The SMILES string of the molecule is CCCCC(c1nc2cc(Cl)c(Cl)cc2[nH]1)S(=O)(=O)O. The third-order valence-corrected chi connectivity index (χ3v) is 4.93. The van der Waals surface area contributed by atoms with Crippen LogP contribution in [0.15, 0.2) is 12.1 Å². The molecule has 0 bridgehead atoms. The number of aromatic nitrogens is 2. The highest BCUT2D eigenvalue weighted by Gasteiger charge is 2.27. The Bertz CT molecular complexity index is 689. The van der Waals surface area contributed by atoms with Crippen LogP contribution < -0.4 is 0 Å². The van der Waals surface area contributed by atoms with Gasteiger partial charge in [0, 0.05) is 0 Å². The number of nitrogens with zero attached hydrogens (tertiary/aromatic N) is 1. The number of unbranched alkanes of at least 4 members (excludes halogenated alkanes) is 1. The highest BCUT2D eigenvalue weighted by molar-refractivity contribution is 7.86. The molecule has 0 aliphatic carbocycles. The number of benzene rings is 1. The lowest BCUT2D eigenvalue weighted by Crippen LogP contribution is -2.13. The number of nitrogens with one attached hydrogen (secondary N) is 1. The van der Waals surface area contributed by atoms with Gasteiger partial charge in [-0.25, -0.2) is 4.98 Å². The summed E-state index contributed by atoms with van der Waals surface area (Å²) in [5.74, 6) is 0.203. The fourth-order valence-corrected chi connectivity index (χ4v) is 3.17. The van der Waals surface area contributed by atoms with E-state index in [9.17, 15) is 13.0 Å². The van der Waals surface area contributed by atoms with Crippen molar-refractivity contribution in [3.63, 3.8) is 0 Å². The second-order valence-electron chi connectivity index (χ2n) is 4.55. The summed E-state index contributed by atoms with van der Waals surface area (Å²) in [7, 11) is -4.22. The molecule has 0 saturated heterocycles. The minimum atomic E-state index is -4.22. The van der Waals surface area contributed by atoms with Gasteiger partial charge in [0.05, 0.1) is 21.1 Å². The van der Waals surface area contributed by atoms with Gasteiger partial charge in [0.1, 0.15) is 11.1 Å². The average Bonchev–Trinajstić information content (AvgIpc) is 2.71. The van der Waals surface area contributed by atoms with E-state index in [2.05, 4.69) is 9.97 Å². The minimum Gasteiger partial charge on any atom is -0.341 e. The van der Waals surface area contributed by atoms with Crippen molar-refractivity contribution in [3.05, 3.63) is 28.0 Å². The van der Waals surface area contributed by atoms with E-state index in [0.717, 1.165) is 6.42 Å². The Morgan fingerprint density at radius 3 is 2.60 bits per heavy atom. The smallest absolute Gasteiger partial charge is 0.275 e. The van der Waals surface area contributed by atoms with Crippen molar-refractivity contribution in [3.8, 4) is 0 Å². The Kier molecular flexibility index (Phi) is 4.59. The first-order chi connectivity index (χ1) is 9.32. The molecule has 0 spiro atoms. The maximum Gasteiger partial charge on any atom is 0.275 e. The standard InChI is InChI=1S/C12H14Cl2N2O3S/c1-2-3-4-11(20(17,18)19)12-15-9-5-7(13)8(14)6-10(9)16-12/h5-6,11H,2-4H2,1H3,(H,15,16)(H,17,18,19). The Morgan fingerprint density at radius 2 is 2.00 bits per heavy atom. The number of imidazole rings is 1. The van der Waals surface area contributed by atoms with Gasteiger partial charge in [-0.1, -0.05) is 43.0 Å². The molecule has 20 heavy (non-hydrogen) atoms. The first kappa shape index (κ1) is 15.6. The zero-order valence-corrected chi connectivity index (χ0v) is 13.1. The molecule has 1 aromatic carbocycles. The molecule has 2 N–H and O–H groups in total. The van der Waals surface area contributed by atoms with Gasteiger partial charge in [-0.3, -0.25) is 4.55 Å². The normalized spacial score (nSPS) is 13.8. The van der Waals surface area contributed by atoms with E-state index < -0.39 is 15.4 Å². The van der Waals surface area contributed by atoms with E-state index in [0.29, 0.717) is 33.9 Å². The molecule has 1 aromatic heterocycles. The van der Waals surface area contributed by atoms with Crippen LogP contribution >= 0.6 is 23.2 Å². The van der Waals surface area contributed by atoms with Crippen LogP contribution in [0.5, 0.6) is 0 Å². The molecular weight excluding hydrogens is 323 g/mol. The lowest BCUT2D eigenvalue weighted by atomic mass is 10.2. The average molecular weight is 337 g/mol. The second kappa shape index (κ2) is 5.89. The maximum atomic E-state index is 11.5. The minimum absolute atomic E-state index is 0.203. The van der Waals surface area contributed by atoms with Crippen LogP contribution in [0.4, 0.5) is 0 Å². The van der Waals surface area contributed by atoms with E-state index in [4.69, 9.17) is 23.2 Å². The molecule has 1 atom stereocenters. The van der Waals surface area contributed by atoms with Crippen molar-refractivity contribution in [2.45, 2.75) is 31.4 Å². The molecule has 0 saturated carbocycles. The van der Waals surface area contributed by atoms with Gasteiger partial charge < -0.3 is 4.98 Å². The van der Waals surface area contributed by atoms with Gasteiger partial charge in [-0.05, 0) is 18.6 Å². The van der Waals surface area contributed by atoms with Gasteiger partial charge in [0.2, 0.25) is 0 Å². The van der Waals surface area contributed by atoms with Crippen LogP contribution in [-0.4, -0.2) is 22.9 Å². The highest BCUT2D eigenvalue weighted by Crippen LogP contribution is 2.30. The monoisotopic (exact) mass is 336 g/mol. The van der Waals surface area contributed by atoms with Crippen LogP contribution in [0.1, 0.15) is 37.3 Å². The molecule has 5 nitrogen and oxygen atoms in total. The van der Waals surface area contributed by atoms with Gasteiger partial charge in [0.15, 0.2) is 0 Å². The summed E-state index contributed by atoms with van der Waals surface area (Å²) in [5.41, 5.74) is 1.10. The summed E-state index contributed by atoms with van der Waals surface area (Å²) in [5, 5.41) is -0.368. The quantitative estimate of drug-likeness (QED) is 0.808. The summed E-state index contributed by atoms with van der Waals surface area (Å²) in [6.45, 7) is 1.94. The molecule has 0 amide bonds. The second-order valence-corrected chi connectivity index (χ2v) is 6.96.